The molecular weight excluding hydrogens is 308 g/mol. The van der Waals surface area contributed by atoms with E-state index in [-0.39, 0.29) is 0 Å². The summed E-state index contributed by atoms with van der Waals surface area (Å²) in [5.74, 6) is 2.66. The van der Waals surface area contributed by atoms with Gasteiger partial charge in [0.1, 0.15) is 11.6 Å². The van der Waals surface area contributed by atoms with E-state index in [1.165, 1.54) is 18.4 Å². The molecule has 2 aromatic rings. The lowest BCUT2D eigenvalue weighted by molar-refractivity contribution is 0.243. The van der Waals surface area contributed by atoms with Gasteiger partial charge in [0.2, 0.25) is 0 Å². The molecule has 0 radical (unpaired) electrons. The number of aromatic nitrogens is 3. The fraction of sp³-hybridized carbons (Fsp3) is 0.529. The van der Waals surface area contributed by atoms with Crippen LogP contribution in [-0.4, -0.2) is 32.9 Å². The van der Waals surface area contributed by atoms with Gasteiger partial charge < -0.3 is 9.30 Å². The Morgan fingerprint density at radius 3 is 2.61 bits per heavy atom. The van der Waals surface area contributed by atoms with Crippen LogP contribution in [0.3, 0.4) is 0 Å². The average molecular weight is 332 g/mol. The van der Waals surface area contributed by atoms with E-state index in [1.807, 2.05) is 30.8 Å². The Morgan fingerprint density at radius 2 is 2.00 bits per heavy atom. The lowest BCUT2D eigenvalue weighted by Gasteiger charge is -2.16. The molecule has 0 saturated heterocycles. The Balaban J connectivity index is 1.64. The third-order valence-electron chi connectivity index (χ3n) is 4.08. The van der Waals surface area contributed by atoms with E-state index in [0.717, 1.165) is 22.9 Å². The van der Waals surface area contributed by atoms with E-state index in [4.69, 9.17) is 22.1 Å². The van der Waals surface area contributed by atoms with Crippen LogP contribution in [0.15, 0.2) is 24.3 Å². The molecule has 124 valence electrons. The lowest BCUT2D eigenvalue weighted by atomic mass is 10.2. The van der Waals surface area contributed by atoms with Gasteiger partial charge in [-0.15, -0.1) is 0 Å². The Kier molecular flexibility index (Phi) is 4.82. The van der Waals surface area contributed by atoms with Gasteiger partial charge in [-0.05, 0) is 56.7 Å². The highest BCUT2D eigenvalue weighted by atomic mass is 32.1. The van der Waals surface area contributed by atoms with Gasteiger partial charge in [0.25, 0.3) is 0 Å². The molecule has 5 nitrogen and oxygen atoms in total. The van der Waals surface area contributed by atoms with Crippen molar-refractivity contribution in [3.63, 3.8) is 0 Å². The first-order valence-corrected chi connectivity index (χ1v) is 8.53. The van der Waals surface area contributed by atoms with E-state index < -0.39 is 0 Å². The number of hydrogen-bond acceptors (Lipinski definition) is 4. The summed E-state index contributed by atoms with van der Waals surface area (Å²) >= 11 is 5.51. The highest BCUT2D eigenvalue weighted by Crippen LogP contribution is 2.38. The maximum atomic E-state index is 5.51. The minimum atomic E-state index is 0.611. The summed E-state index contributed by atoms with van der Waals surface area (Å²) in [6.45, 7) is 4.24. The first-order valence-electron chi connectivity index (χ1n) is 8.12. The summed E-state index contributed by atoms with van der Waals surface area (Å²) in [4.78, 5) is 2.22. The van der Waals surface area contributed by atoms with Crippen molar-refractivity contribution in [2.45, 2.75) is 38.9 Å². The Morgan fingerprint density at radius 1 is 1.30 bits per heavy atom. The summed E-state index contributed by atoms with van der Waals surface area (Å²) in [6.07, 6.45) is 2.48. The van der Waals surface area contributed by atoms with Gasteiger partial charge in [0.15, 0.2) is 4.77 Å². The molecule has 1 saturated carbocycles. The summed E-state index contributed by atoms with van der Waals surface area (Å²) < 4.78 is 10.3. The van der Waals surface area contributed by atoms with E-state index >= 15 is 0 Å². The molecule has 1 fully saturated rings. The van der Waals surface area contributed by atoms with Crippen molar-refractivity contribution >= 4 is 12.2 Å². The third-order valence-corrected chi connectivity index (χ3v) is 4.56. The maximum absolute atomic E-state index is 5.51. The smallest absolute Gasteiger partial charge is 0.198 e. The largest absolute Gasteiger partial charge is 0.494 e. The molecule has 6 heteroatoms. The molecule has 23 heavy (non-hydrogen) atoms. The molecular formula is C17H24N4OS. The summed E-state index contributed by atoms with van der Waals surface area (Å²) in [5, 5.41) is 4.71. The average Bonchev–Trinajstić information content (AvgIpc) is 3.33. The van der Waals surface area contributed by atoms with Gasteiger partial charge in [-0.1, -0.05) is 12.1 Å². The van der Waals surface area contributed by atoms with Crippen LogP contribution in [0, 0.1) is 4.77 Å². The van der Waals surface area contributed by atoms with Gasteiger partial charge in [0, 0.05) is 19.5 Å². The number of rotatable bonds is 7. The molecule has 1 aromatic carbocycles. The quantitative estimate of drug-likeness (QED) is 0.729. The topological polar surface area (TPSA) is 35.2 Å². The van der Waals surface area contributed by atoms with E-state index in [1.54, 1.807) is 0 Å². The molecule has 0 spiro atoms. The first kappa shape index (κ1) is 16.2. The van der Waals surface area contributed by atoms with Gasteiger partial charge in [-0.2, -0.15) is 5.10 Å². The predicted molar refractivity (Wildman–Crippen MR) is 93.1 cm³/mol. The summed E-state index contributed by atoms with van der Waals surface area (Å²) in [7, 11) is 4.11. The molecule has 1 aromatic heterocycles. The predicted octanol–water partition coefficient (Wildman–Crippen LogP) is 3.32. The summed E-state index contributed by atoms with van der Waals surface area (Å²) in [6, 6.07) is 8.25. The minimum absolute atomic E-state index is 0.611. The zero-order valence-electron chi connectivity index (χ0n) is 14.0. The Hall–Kier alpha value is -1.66. The molecule has 0 aliphatic heterocycles. The number of hydrogen-bond donors (Lipinski definition) is 0. The van der Waals surface area contributed by atoms with Crippen LogP contribution in [0.5, 0.6) is 5.75 Å². The van der Waals surface area contributed by atoms with Crippen LogP contribution in [-0.2, 0) is 20.3 Å². The van der Waals surface area contributed by atoms with Crippen molar-refractivity contribution in [1.82, 2.24) is 19.2 Å². The SMILES string of the molecule is CCOc1ccc(CN(C)Cn2nc(C3CC3)n(C)c2=S)cc1. The Labute approximate surface area is 142 Å². The van der Waals surface area contributed by atoms with Crippen molar-refractivity contribution in [1.29, 1.82) is 0 Å². The van der Waals surface area contributed by atoms with Crippen molar-refractivity contribution in [3.05, 3.63) is 40.4 Å². The van der Waals surface area contributed by atoms with Crippen molar-refractivity contribution in [2.75, 3.05) is 13.7 Å². The molecule has 0 unspecified atom stereocenters. The van der Waals surface area contributed by atoms with Crippen LogP contribution >= 0.6 is 12.2 Å². The summed E-state index contributed by atoms with van der Waals surface area (Å²) in [5.41, 5.74) is 1.25. The second kappa shape index (κ2) is 6.84. The molecule has 1 aliphatic carbocycles. The molecule has 0 atom stereocenters. The minimum Gasteiger partial charge on any atom is -0.494 e. The standard InChI is InChI=1S/C17H24N4OS/c1-4-22-15-9-5-13(6-10-15)11-19(2)12-21-17(23)20(3)16(18-21)14-7-8-14/h5-6,9-10,14H,4,7-8,11-12H2,1-3H3. The number of ether oxygens (including phenoxy) is 1. The van der Waals surface area contributed by atoms with Gasteiger partial charge in [-0.3, -0.25) is 4.90 Å². The van der Waals surface area contributed by atoms with Crippen LogP contribution < -0.4 is 4.74 Å². The fourth-order valence-electron chi connectivity index (χ4n) is 2.74. The monoisotopic (exact) mass is 332 g/mol. The van der Waals surface area contributed by atoms with Crippen LogP contribution in [0.4, 0.5) is 0 Å². The number of nitrogens with zero attached hydrogens (tertiary/aromatic N) is 4. The van der Waals surface area contributed by atoms with Crippen molar-refractivity contribution < 1.29 is 4.74 Å². The fourth-order valence-corrected chi connectivity index (χ4v) is 2.93. The van der Waals surface area contributed by atoms with E-state index in [2.05, 4.69) is 28.6 Å². The second-order valence-corrected chi connectivity index (χ2v) is 6.57. The van der Waals surface area contributed by atoms with Crippen molar-refractivity contribution in [3.8, 4) is 5.75 Å². The maximum Gasteiger partial charge on any atom is 0.198 e. The molecule has 1 heterocycles. The molecule has 1 aliphatic rings. The molecule has 0 bridgehead atoms. The lowest BCUT2D eigenvalue weighted by Crippen LogP contribution is -2.22. The van der Waals surface area contributed by atoms with Gasteiger partial charge >= 0.3 is 0 Å². The Bertz CT molecular complexity index is 715. The van der Waals surface area contributed by atoms with Crippen LogP contribution in [0.25, 0.3) is 0 Å². The molecule has 0 N–H and O–H groups in total. The van der Waals surface area contributed by atoms with Gasteiger partial charge in [-0.25, -0.2) is 4.68 Å². The van der Waals surface area contributed by atoms with Crippen LogP contribution in [0.2, 0.25) is 0 Å². The highest BCUT2D eigenvalue weighted by Gasteiger charge is 2.29. The highest BCUT2D eigenvalue weighted by molar-refractivity contribution is 7.71. The molecule has 0 amide bonds. The van der Waals surface area contributed by atoms with E-state index in [9.17, 15) is 0 Å². The van der Waals surface area contributed by atoms with Crippen LogP contribution in [0.1, 0.15) is 37.1 Å². The van der Waals surface area contributed by atoms with Gasteiger partial charge in [0.05, 0.1) is 13.3 Å². The zero-order chi connectivity index (χ0) is 16.4. The molecule has 3 rings (SSSR count). The number of benzene rings is 1. The van der Waals surface area contributed by atoms with Crippen molar-refractivity contribution in [2.24, 2.45) is 7.05 Å². The normalized spacial score (nSPS) is 14.4. The first-order chi connectivity index (χ1) is 11.1. The second-order valence-electron chi connectivity index (χ2n) is 6.21. The third kappa shape index (κ3) is 3.82. The van der Waals surface area contributed by atoms with E-state index in [0.29, 0.717) is 19.2 Å². The zero-order valence-corrected chi connectivity index (χ0v) is 14.8.